The summed E-state index contributed by atoms with van der Waals surface area (Å²) in [5.74, 6) is 1.24. The van der Waals surface area contributed by atoms with Crippen molar-refractivity contribution in [1.29, 1.82) is 0 Å². The van der Waals surface area contributed by atoms with E-state index in [1.165, 1.54) is 36.0 Å². The molecule has 3 aromatic rings. The maximum Gasteiger partial charge on any atom is 0.262 e. The number of carbonyl (C=O) groups is 1. The summed E-state index contributed by atoms with van der Waals surface area (Å²) in [7, 11) is -4.10. The van der Waals surface area contributed by atoms with Crippen LogP contribution in [-0.2, 0) is 20.6 Å². The third-order valence-electron chi connectivity index (χ3n) is 5.00. The fraction of sp³-hybridized carbons (Fsp3) is 0.304. The highest BCUT2D eigenvalue weighted by atomic mass is 32.2. The maximum absolute atomic E-state index is 13.0. The van der Waals surface area contributed by atoms with Crippen LogP contribution in [0.1, 0.15) is 30.9 Å². The van der Waals surface area contributed by atoms with Crippen molar-refractivity contribution in [2.75, 3.05) is 0 Å². The Kier molecular flexibility index (Phi) is 8.03. The van der Waals surface area contributed by atoms with Crippen LogP contribution in [0.4, 0.5) is 0 Å². The predicted molar refractivity (Wildman–Crippen MR) is 128 cm³/mol. The minimum atomic E-state index is -4.10. The van der Waals surface area contributed by atoms with Gasteiger partial charge in [0.25, 0.3) is 5.91 Å². The first-order valence-corrected chi connectivity index (χ1v) is 12.8. The van der Waals surface area contributed by atoms with E-state index >= 15 is 0 Å². The number of aryl methyl sites for hydroxylation is 2. The standard InChI is InChI=1S/C23H27N3O6S2/c1-15-5-7-18(8-6-15)31-19-9-11-20(12-10-19)34(29,30)26-21(22(27)24-28)23(3,4)33-14-17-13-16(2)32-25-17/h5-13,21,26,28H,14H2,1-4H3,(H,24,27). The smallest absolute Gasteiger partial charge is 0.262 e. The molecule has 34 heavy (non-hydrogen) atoms. The Morgan fingerprint density at radius 3 is 2.24 bits per heavy atom. The number of nitrogens with one attached hydrogen (secondary N) is 2. The van der Waals surface area contributed by atoms with Crippen molar-refractivity contribution in [3.63, 3.8) is 0 Å². The number of hydrogen-bond donors (Lipinski definition) is 3. The Balaban J connectivity index is 1.74. The van der Waals surface area contributed by atoms with Crippen molar-refractivity contribution in [3.05, 3.63) is 71.6 Å². The molecule has 0 saturated heterocycles. The first-order valence-electron chi connectivity index (χ1n) is 10.4. The zero-order valence-corrected chi connectivity index (χ0v) is 20.9. The fourth-order valence-electron chi connectivity index (χ4n) is 3.06. The van der Waals surface area contributed by atoms with E-state index in [0.717, 1.165) is 5.56 Å². The number of aromatic nitrogens is 1. The van der Waals surface area contributed by atoms with E-state index < -0.39 is 26.7 Å². The van der Waals surface area contributed by atoms with Crippen LogP contribution in [0.25, 0.3) is 0 Å². The van der Waals surface area contributed by atoms with Gasteiger partial charge in [-0.25, -0.2) is 13.9 Å². The molecule has 3 N–H and O–H groups in total. The van der Waals surface area contributed by atoms with Crippen molar-refractivity contribution in [1.82, 2.24) is 15.4 Å². The van der Waals surface area contributed by atoms with Crippen LogP contribution in [0, 0.1) is 13.8 Å². The summed E-state index contributed by atoms with van der Waals surface area (Å²) >= 11 is 1.30. The Hall–Kier alpha value is -2.86. The zero-order valence-electron chi connectivity index (χ0n) is 19.2. The van der Waals surface area contributed by atoms with Gasteiger partial charge in [-0.3, -0.25) is 10.0 Å². The van der Waals surface area contributed by atoms with Gasteiger partial charge in [-0.15, -0.1) is 11.8 Å². The van der Waals surface area contributed by atoms with Crippen LogP contribution in [-0.4, -0.2) is 35.5 Å². The van der Waals surface area contributed by atoms with Gasteiger partial charge in [0.1, 0.15) is 23.3 Å². The average Bonchev–Trinajstić information content (AvgIpc) is 3.23. The lowest BCUT2D eigenvalue weighted by Gasteiger charge is -2.32. The third-order valence-corrected chi connectivity index (χ3v) is 7.86. The number of carbonyl (C=O) groups excluding carboxylic acids is 1. The van der Waals surface area contributed by atoms with E-state index in [4.69, 9.17) is 9.26 Å². The molecular formula is C23H27N3O6S2. The molecule has 0 bridgehead atoms. The molecule has 0 saturated carbocycles. The van der Waals surface area contributed by atoms with Crippen molar-refractivity contribution in [2.45, 2.75) is 49.1 Å². The molecule has 2 aromatic carbocycles. The van der Waals surface area contributed by atoms with E-state index in [1.54, 1.807) is 32.3 Å². The summed E-state index contributed by atoms with van der Waals surface area (Å²) in [6.07, 6.45) is 0. The Labute approximate surface area is 202 Å². The second-order valence-corrected chi connectivity index (χ2v) is 11.6. The van der Waals surface area contributed by atoms with Gasteiger partial charge in [0, 0.05) is 16.6 Å². The summed E-state index contributed by atoms with van der Waals surface area (Å²) in [5, 5.41) is 13.1. The van der Waals surface area contributed by atoms with E-state index in [2.05, 4.69) is 9.88 Å². The largest absolute Gasteiger partial charge is 0.457 e. The number of rotatable bonds is 10. The molecule has 0 aliphatic carbocycles. The molecule has 1 unspecified atom stereocenters. The molecule has 1 aromatic heterocycles. The zero-order chi connectivity index (χ0) is 24.9. The quantitative estimate of drug-likeness (QED) is 0.279. The molecule has 1 amide bonds. The summed E-state index contributed by atoms with van der Waals surface area (Å²) in [4.78, 5) is 12.4. The van der Waals surface area contributed by atoms with Gasteiger partial charge in [0.05, 0.1) is 10.6 Å². The van der Waals surface area contributed by atoms with Gasteiger partial charge in [-0.05, 0) is 64.1 Å². The lowest BCUT2D eigenvalue weighted by atomic mass is 10.0. The number of benzene rings is 2. The Bertz CT molecular complexity index is 1220. The third kappa shape index (κ3) is 6.60. The summed E-state index contributed by atoms with van der Waals surface area (Å²) in [5.41, 5.74) is 3.31. The summed E-state index contributed by atoms with van der Waals surface area (Å²) in [6.45, 7) is 7.13. The van der Waals surface area contributed by atoms with E-state index in [0.29, 0.717) is 28.7 Å². The first kappa shape index (κ1) is 25.8. The summed E-state index contributed by atoms with van der Waals surface area (Å²) in [6, 6.07) is 13.8. The molecule has 0 aliphatic heterocycles. The molecule has 0 radical (unpaired) electrons. The summed E-state index contributed by atoms with van der Waals surface area (Å²) < 4.78 is 38.3. The number of hydrogen-bond acceptors (Lipinski definition) is 8. The highest BCUT2D eigenvalue weighted by Gasteiger charge is 2.39. The lowest BCUT2D eigenvalue weighted by molar-refractivity contribution is -0.131. The molecule has 0 spiro atoms. The molecule has 1 atom stereocenters. The topological polar surface area (TPSA) is 131 Å². The minimum Gasteiger partial charge on any atom is -0.457 e. The number of sulfonamides is 1. The Morgan fingerprint density at radius 1 is 1.12 bits per heavy atom. The van der Waals surface area contributed by atoms with Gasteiger partial charge in [0.15, 0.2) is 0 Å². The average molecular weight is 506 g/mol. The minimum absolute atomic E-state index is 0.0487. The van der Waals surface area contributed by atoms with Crippen molar-refractivity contribution in [3.8, 4) is 11.5 Å². The predicted octanol–water partition coefficient (Wildman–Crippen LogP) is 3.95. The van der Waals surface area contributed by atoms with Crippen LogP contribution in [0.3, 0.4) is 0 Å². The van der Waals surface area contributed by atoms with Gasteiger partial charge in [-0.2, -0.15) is 4.72 Å². The molecule has 1 heterocycles. The van der Waals surface area contributed by atoms with E-state index in [9.17, 15) is 18.4 Å². The Morgan fingerprint density at radius 2 is 1.71 bits per heavy atom. The van der Waals surface area contributed by atoms with E-state index in [-0.39, 0.29) is 4.90 Å². The van der Waals surface area contributed by atoms with Gasteiger partial charge in [0.2, 0.25) is 10.0 Å². The SMILES string of the molecule is Cc1ccc(Oc2ccc(S(=O)(=O)NC(C(=O)NO)C(C)(C)SCc3cc(C)on3)cc2)cc1. The van der Waals surface area contributed by atoms with Crippen LogP contribution in [0.2, 0.25) is 0 Å². The second kappa shape index (κ2) is 10.6. The van der Waals surface area contributed by atoms with Crippen LogP contribution in [0.5, 0.6) is 11.5 Å². The molecule has 3 rings (SSSR count). The number of hydroxylamine groups is 1. The molecule has 9 nitrogen and oxygen atoms in total. The second-order valence-electron chi connectivity index (χ2n) is 8.24. The number of amides is 1. The highest BCUT2D eigenvalue weighted by Crippen LogP contribution is 2.32. The van der Waals surface area contributed by atoms with Gasteiger partial charge in [-0.1, -0.05) is 22.9 Å². The number of nitrogens with zero attached hydrogens (tertiary/aromatic N) is 1. The lowest BCUT2D eigenvalue weighted by Crippen LogP contribution is -2.55. The fourth-order valence-corrected chi connectivity index (χ4v) is 5.46. The molecule has 182 valence electrons. The molecular weight excluding hydrogens is 478 g/mol. The van der Waals surface area contributed by atoms with E-state index in [1.807, 2.05) is 31.2 Å². The molecule has 11 heteroatoms. The number of thioether (sulfide) groups is 1. The normalized spacial score (nSPS) is 12.9. The number of ether oxygens (including phenoxy) is 1. The van der Waals surface area contributed by atoms with Gasteiger partial charge < -0.3 is 9.26 Å². The van der Waals surface area contributed by atoms with Crippen LogP contribution < -0.4 is 14.9 Å². The first-order chi connectivity index (χ1) is 16.0. The van der Waals surface area contributed by atoms with Crippen molar-refractivity contribution < 1.29 is 27.7 Å². The van der Waals surface area contributed by atoms with Crippen molar-refractivity contribution in [2.24, 2.45) is 0 Å². The molecule has 0 aliphatic rings. The molecule has 0 fully saturated rings. The maximum atomic E-state index is 13.0. The van der Waals surface area contributed by atoms with Crippen LogP contribution >= 0.6 is 11.8 Å². The van der Waals surface area contributed by atoms with Crippen LogP contribution in [0.15, 0.2) is 64.0 Å². The van der Waals surface area contributed by atoms with Gasteiger partial charge >= 0.3 is 0 Å². The van der Waals surface area contributed by atoms with Crippen molar-refractivity contribution >= 4 is 27.7 Å². The highest BCUT2D eigenvalue weighted by molar-refractivity contribution is 8.00. The monoisotopic (exact) mass is 505 g/mol.